The van der Waals surface area contributed by atoms with Crippen LogP contribution < -0.4 is 15.6 Å². The second kappa shape index (κ2) is 7.19. The molecule has 0 fully saturated rings. The standard InChI is InChI=1S/C19H25N5O2/c1-19(2,3)24-16-15(12-21-24)17(25)23-18(22-16)20-11-5-6-13-7-9-14(26-4)10-8-13/h7-10,12H,5-6,11H2,1-4H3,(H2,20,22,23,25). The number of aromatic amines is 1. The fourth-order valence-electron chi connectivity index (χ4n) is 2.78. The van der Waals surface area contributed by atoms with Crippen LogP contribution >= 0.6 is 0 Å². The monoisotopic (exact) mass is 355 g/mol. The van der Waals surface area contributed by atoms with Gasteiger partial charge in [0.2, 0.25) is 5.95 Å². The summed E-state index contributed by atoms with van der Waals surface area (Å²) in [7, 11) is 1.66. The van der Waals surface area contributed by atoms with Gasteiger partial charge in [0, 0.05) is 6.54 Å². The molecule has 0 saturated heterocycles. The van der Waals surface area contributed by atoms with Gasteiger partial charge in [-0.15, -0.1) is 0 Å². The summed E-state index contributed by atoms with van der Waals surface area (Å²) in [5, 5.41) is 8.02. The molecular weight excluding hydrogens is 330 g/mol. The Hall–Kier alpha value is -2.83. The fourth-order valence-corrected chi connectivity index (χ4v) is 2.78. The Labute approximate surface area is 152 Å². The van der Waals surface area contributed by atoms with Crippen LogP contribution in [0, 0.1) is 0 Å². The molecule has 2 heterocycles. The van der Waals surface area contributed by atoms with Crippen molar-refractivity contribution in [3.63, 3.8) is 0 Å². The van der Waals surface area contributed by atoms with Crippen molar-refractivity contribution < 1.29 is 4.74 Å². The molecule has 138 valence electrons. The highest BCUT2D eigenvalue weighted by molar-refractivity contribution is 5.74. The Bertz CT molecular complexity index is 935. The number of methoxy groups -OCH3 is 1. The average molecular weight is 355 g/mol. The minimum Gasteiger partial charge on any atom is -0.497 e. The topological polar surface area (TPSA) is 84.8 Å². The van der Waals surface area contributed by atoms with Crippen LogP contribution in [-0.4, -0.2) is 33.4 Å². The largest absolute Gasteiger partial charge is 0.497 e. The van der Waals surface area contributed by atoms with Crippen LogP contribution in [0.5, 0.6) is 5.75 Å². The zero-order valence-electron chi connectivity index (χ0n) is 15.7. The van der Waals surface area contributed by atoms with Gasteiger partial charge in [0.05, 0.1) is 18.8 Å². The van der Waals surface area contributed by atoms with Gasteiger partial charge >= 0.3 is 0 Å². The highest BCUT2D eigenvalue weighted by atomic mass is 16.5. The van der Waals surface area contributed by atoms with Crippen molar-refractivity contribution in [2.75, 3.05) is 19.0 Å². The smallest absolute Gasteiger partial charge is 0.263 e. The van der Waals surface area contributed by atoms with E-state index < -0.39 is 0 Å². The maximum absolute atomic E-state index is 12.3. The van der Waals surface area contributed by atoms with Gasteiger partial charge in [-0.1, -0.05) is 12.1 Å². The van der Waals surface area contributed by atoms with Gasteiger partial charge < -0.3 is 10.1 Å². The minimum atomic E-state index is -0.242. The number of aryl methyl sites for hydroxylation is 1. The van der Waals surface area contributed by atoms with Gasteiger partial charge in [-0.2, -0.15) is 10.1 Å². The number of nitrogens with one attached hydrogen (secondary N) is 2. The zero-order chi connectivity index (χ0) is 18.7. The van der Waals surface area contributed by atoms with Gasteiger partial charge in [0.15, 0.2) is 5.65 Å². The fraction of sp³-hybridized carbons (Fsp3) is 0.421. The highest BCUT2D eigenvalue weighted by Gasteiger charge is 2.19. The van der Waals surface area contributed by atoms with Crippen LogP contribution in [0.3, 0.4) is 0 Å². The molecule has 0 amide bonds. The van der Waals surface area contributed by atoms with Crippen LogP contribution in [-0.2, 0) is 12.0 Å². The molecule has 0 aliphatic heterocycles. The predicted octanol–water partition coefficient (Wildman–Crippen LogP) is 2.93. The second-order valence-corrected chi connectivity index (χ2v) is 7.26. The Morgan fingerprint density at radius 3 is 2.62 bits per heavy atom. The third-order valence-corrected chi connectivity index (χ3v) is 4.17. The number of aromatic nitrogens is 4. The Balaban J connectivity index is 1.66. The van der Waals surface area contributed by atoms with Crippen LogP contribution in [0.1, 0.15) is 32.8 Å². The number of H-pyrrole nitrogens is 1. The lowest BCUT2D eigenvalue weighted by molar-refractivity contribution is 0.366. The maximum atomic E-state index is 12.3. The first-order chi connectivity index (χ1) is 12.4. The quantitative estimate of drug-likeness (QED) is 0.664. The lowest BCUT2D eigenvalue weighted by Crippen LogP contribution is -2.24. The van der Waals surface area contributed by atoms with Crippen molar-refractivity contribution in [3.8, 4) is 5.75 Å². The minimum absolute atomic E-state index is 0.178. The second-order valence-electron chi connectivity index (χ2n) is 7.26. The number of hydrogen-bond acceptors (Lipinski definition) is 5. The summed E-state index contributed by atoms with van der Waals surface area (Å²) >= 11 is 0. The number of hydrogen-bond donors (Lipinski definition) is 2. The number of anilines is 1. The first kappa shape index (κ1) is 18.0. The molecule has 26 heavy (non-hydrogen) atoms. The van der Waals surface area contributed by atoms with E-state index in [-0.39, 0.29) is 11.1 Å². The molecule has 2 N–H and O–H groups in total. The SMILES string of the molecule is COc1ccc(CCCNc2nc3c(cnn3C(C)(C)C)c(=O)[nH]2)cc1. The number of rotatable bonds is 6. The first-order valence-electron chi connectivity index (χ1n) is 8.74. The molecule has 0 saturated carbocycles. The van der Waals surface area contributed by atoms with Gasteiger partial charge in [-0.25, -0.2) is 4.68 Å². The van der Waals surface area contributed by atoms with Crippen molar-refractivity contribution in [1.82, 2.24) is 19.7 Å². The van der Waals surface area contributed by atoms with Crippen molar-refractivity contribution in [2.45, 2.75) is 39.2 Å². The van der Waals surface area contributed by atoms with Crippen molar-refractivity contribution in [2.24, 2.45) is 0 Å². The number of ether oxygens (including phenoxy) is 1. The summed E-state index contributed by atoms with van der Waals surface area (Å²) in [5.41, 5.74) is 1.42. The van der Waals surface area contributed by atoms with Crippen LogP contribution in [0.4, 0.5) is 5.95 Å². The molecule has 3 aromatic rings. The lowest BCUT2D eigenvalue weighted by Gasteiger charge is -2.19. The third-order valence-electron chi connectivity index (χ3n) is 4.17. The van der Waals surface area contributed by atoms with E-state index in [1.54, 1.807) is 18.0 Å². The van der Waals surface area contributed by atoms with E-state index >= 15 is 0 Å². The maximum Gasteiger partial charge on any atom is 0.263 e. The molecule has 0 unspecified atom stereocenters. The molecule has 7 nitrogen and oxygen atoms in total. The van der Waals surface area contributed by atoms with E-state index in [9.17, 15) is 4.79 Å². The molecule has 0 spiro atoms. The van der Waals surface area contributed by atoms with Gasteiger partial charge in [-0.05, 0) is 51.3 Å². The lowest BCUT2D eigenvalue weighted by atomic mass is 10.1. The summed E-state index contributed by atoms with van der Waals surface area (Å²) in [6.07, 6.45) is 3.43. The average Bonchev–Trinajstić information content (AvgIpc) is 3.04. The summed E-state index contributed by atoms with van der Waals surface area (Å²) in [5.74, 6) is 1.33. The van der Waals surface area contributed by atoms with E-state index in [2.05, 4.69) is 32.5 Å². The molecule has 0 radical (unpaired) electrons. The highest BCUT2D eigenvalue weighted by Crippen LogP contribution is 2.18. The first-order valence-corrected chi connectivity index (χ1v) is 8.74. The molecule has 0 bridgehead atoms. The van der Waals surface area contributed by atoms with Gasteiger partial charge in [-0.3, -0.25) is 9.78 Å². The van der Waals surface area contributed by atoms with Crippen LogP contribution in [0.2, 0.25) is 0 Å². The van der Waals surface area contributed by atoms with E-state index in [0.29, 0.717) is 23.5 Å². The molecule has 0 aliphatic rings. The Kier molecular flexibility index (Phi) is 4.97. The normalized spacial score (nSPS) is 11.7. The van der Waals surface area contributed by atoms with Crippen molar-refractivity contribution in [1.29, 1.82) is 0 Å². The Morgan fingerprint density at radius 1 is 1.23 bits per heavy atom. The summed E-state index contributed by atoms with van der Waals surface area (Å²) in [6.45, 7) is 6.81. The van der Waals surface area contributed by atoms with E-state index in [0.717, 1.165) is 18.6 Å². The molecule has 2 aromatic heterocycles. The molecule has 3 rings (SSSR count). The summed E-state index contributed by atoms with van der Waals surface area (Å²) in [4.78, 5) is 19.6. The summed E-state index contributed by atoms with van der Waals surface area (Å²) in [6, 6.07) is 8.05. The molecule has 1 aromatic carbocycles. The van der Waals surface area contributed by atoms with Crippen LogP contribution in [0.25, 0.3) is 11.0 Å². The van der Waals surface area contributed by atoms with Crippen molar-refractivity contribution in [3.05, 3.63) is 46.4 Å². The molecule has 7 heteroatoms. The number of nitrogens with zero attached hydrogens (tertiary/aromatic N) is 3. The zero-order valence-corrected chi connectivity index (χ0v) is 15.7. The molecule has 0 atom stereocenters. The predicted molar refractivity (Wildman–Crippen MR) is 103 cm³/mol. The Morgan fingerprint density at radius 2 is 1.96 bits per heavy atom. The summed E-state index contributed by atoms with van der Waals surface area (Å²) < 4.78 is 6.94. The van der Waals surface area contributed by atoms with Crippen LogP contribution in [0.15, 0.2) is 35.3 Å². The van der Waals surface area contributed by atoms with E-state index in [1.807, 2.05) is 32.9 Å². The molecular formula is C19H25N5O2. The van der Waals surface area contributed by atoms with Gasteiger partial charge in [0.25, 0.3) is 5.56 Å². The molecule has 0 aliphatic carbocycles. The third kappa shape index (κ3) is 3.87. The van der Waals surface area contributed by atoms with E-state index in [1.165, 1.54) is 5.56 Å². The van der Waals surface area contributed by atoms with E-state index in [4.69, 9.17) is 4.74 Å². The van der Waals surface area contributed by atoms with Gasteiger partial charge in [0.1, 0.15) is 11.1 Å². The number of fused-ring (bicyclic) bond motifs is 1. The number of benzene rings is 1. The van der Waals surface area contributed by atoms with Crippen molar-refractivity contribution >= 4 is 17.0 Å².